The molecule has 1 aliphatic carbocycles. The summed E-state index contributed by atoms with van der Waals surface area (Å²) in [4.78, 5) is 0. The maximum absolute atomic E-state index is 14.0. The van der Waals surface area contributed by atoms with Crippen molar-refractivity contribution in [3.05, 3.63) is 34.1 Å². The first-order chi connectivity index (χ1) is 9.97. The van der Waals surface area contributed by atoms with Gasteiger partial charge in [0.05, 0.1) is 5.60 Å². The number of hydrogen-bond donors (Lipinski definition) is 1. The molecule has 0 heterocycles. The fourth-order valence-electron chi connectivity index (χ4n) is 3.27. The number of rotatable bonds is 5. The first-order valence-corrected chi connectivity index (χ1v) is 8.59. The van der Waals surface area contributed by atoms with Gasteiger partial charge in [-0.2, -0.15) is 0 Å². The van der Waals surface area contributed by atoms with Crippen LogP contribution >= 0.6 is 15.9 Å². The normalized spacial score (nSPS) is 27.6. The molecule has 118 valence electrons. The smallest absolute Gasteiger partial charge is 0.127 e. The zero-order valence-electron chi connectivity index (χ0n) is 12.9. The van der Waals surface area contributed by atoms with Gasteiger partial charge < -0.3 is 10.5 Å². The third-order valence-electron chi connectivity index (χ3n) is 4.68. The molecule has 2 N–H and O–H groups in total. The van der Waals surface area contributed by atoms with Gasteiger partial charge >= 0.3 is 0 Å². The highest BCUT2D eigenvalue weighted by Gasteiger charge is 2.40. The lowest BCUT2D eigenvalue weighted by Gasteiger charge is -2.43. The van der Waals surface area contributed by atoms with Crippen LogP contribution in [0.2, 0.25) is 0 Å². The molecule has 1 atom stereocenters. The zero-order valence-corrected chi connectivity index (χ0v) is 14.5. The first kappa shape index (κ1) is 16.9. The van der Waals surface area contributed by atoms with Gasteiger partial charge in [-0.05, 0) is 62.6 Å². The molecule has 2 rings (SSSR count). The first-order valence-electron chi connectivity index (χ1n) is 7.80. The largest absolute Gasteiger partial charge is 0.374 e. The Labute approximate surface area is 135 Å². The van der Waals surface area contributed by atoms with Crippen molar-refractivity contribution in [3.8, 4) is 0 Å². The second-order valence-corrected chi connectivity index (χ2v) is 7.14. The minimum atomic E-state index is -0.291. The molecule has 1 aromatic carbocycles. The van der Waals surface area contributed by atoms with Crippen LogP contribution in [0.3, 0.4) is 0 Å². The second kappa shape index (κ2) is 7.21. The van der Waals surface area contributed by atoms with E-state index in [9.17, 15) is 4.39 Å². The van der Waals surface area contributed by atoms with E-state index in [4.69, 9.17) is 10.5 Å². The van der Waals surface area contributed by atoms with E-state index in [0.29, 0.717) is 18.6 Å². The van der Waals surface area contributed by atoms with Gasteiger partial charge in [0.1, 0.15) is 5.82 Å². The van der Waals surface area contributed by atoms with Crippen LogP contribution in [0.25, 0.3) is 0 Å². The highest BCUT2D eigenvalue weighted by Crippen LogP contribution is 2.37. The highest BCUT2D eigenvalue weighted by molar-refractivity contribution is 9.10. The van der Waals surface area contributed by atoms with Crippen LogP contribution in [0.4, 0.5) is 4.39 Å². The van der Waals surface area contributed by atoms with Crippen molar-refractivity contribution in [1.82, 2.24) is 0 Å². The zero-order chi connectivity index (χ0) is 15.5. The van der Waals surface area contributed by atoms with E-state index in [-0.39, 0.29) is 17.5 Å². The molecule has 2 nitrogen and oxygen atoms in total. The van der Waals surface area contributed by atoms with Gasteiger partial charge in [0.2, 0.25) is 0 Å². The van der Waals surface area contributed by atoms with Crippen molar-refractivity contribution >= 4 is 15.9 Å². The Bertz CT molecular complexity index is 472. The molecule has 0 bridgehead atoms. The van der Waals surface area contributed by atoms with Gasteiger partial charge in [-0.15, -0.1) is 0 Å². The average Bonchev–Trinajstić information content (AvgIpc) is 2.45. The summed E-state index contributed by atoms with van der Waals surface area (Å²) >= 11 is 3.29. The molecule has 1 saturated carbocycles. The number of halogens is 2. The third kappa shape index (κ3) is 4.05. The number of nitrogens with two attached hydrogens (primary N) is 1. The predicted octanol–water partition coefficient (Wildman–Crippen LogP) is 4.44. The summed E-state index contributed by atoms with van der Waals surface area (Å²) in [5.41, 5.74) is 6.83. The van der Waals surface area contributed by atoms with Crippen molar-refractivity contribution < 1.29 is 9.13 Å². The Morgan fingerprint density at radius 1 is 1.43 bits per heavy atom. The van der Waals surface area contributed by atoms with E-state index in [0.717, 1.165) is 36.1 Å². The van der Waals surface area contributed by atoms with E-state index in [1.807, 2.05) is 19.1 Å². The van der Waals surface area contributed by atoms with E-state index in [1.165, 1.54) is 6.07 Å². The lowest BCUT2D eigenvalue weighted by Crippen LogP contribution is -2.53. The van der Waals surface area contributed by atoms with Crippen LogP contribution in [0.5, 0.6) is 0 Å². The fourth-order valence-corrected chi connectivity index (χ4v) is 3.60. The molecule has 0 aliphatic heterocycles. The standard InChI is InChI=1S/C17H25BrFNO/c1-3-21-17(8-6-12(2)7-9-17)16(20)10-13-4-5-14(18)11-15(13)19/h4-5,11-12,16H,3,6-10,20H2,1-2H3. The number of hydrogen-bond acceptors (Lipinski definition) is 2. The van der Waals surface area contributed by atoms with Gasteiger partial charge in [-0.3, -0.25) is 0 Å². The Morgan fingerprint density at radius 2 is 2.10 bits per heavy atom. The Kier molecular flexibility index (Phi) is 5.81. The van der Waals surface area contributed by atoms with Gasteiger partial charge in [0, 0.05) is 17.1 Å². The summed E-state index contributed by atoms with van der Waals surface area (Å²) in [5, 5.41) is 0. The van der Waals surface area contributed by atoms with Crippen molar-refractivity contribution in [2.24, 2.45) is 11.7 Å². The van der Waals surface area contributed by atoms with E-state index in [2.05, 4.69) is 22.9 Å². The molecule has 0 aromatic heterocycles. The number of benzene rings is 1. The van der Waals surface area contributed by atoms with E-state index in [1.54, 1.807) is 0 Å². The maximum Gasteiger partial charge on any atom is 0.127 e. The summed E-state index contributed by atoms with van der Waals surface area (Å²) < 4.78 is 20.8. The second-order valence-electron chi connectivity index (χ2n) is 6.23. The average molecular weight is 358 g/mol. The topological polar surface area (TPSA) is 35.2 Å². The molecule has 1 fully saturated rings. The molecular formula is C17H25BrFNO. The van der Waals surface area contributed by atoms with Crippen molar-refractivity contribution in [2.75, 3.05) is 6.61 Å². The summed E-state index contributed by atoms with van der Waals surface area (Å²) in [6.45, 7) is 4.94. The molecule has 0 saturated heterocycles. The quantitative estimate of drug-likeness (QED) is 0.844. The molecule has 0 amide bonds. The summed E-state index contributed by atoms with van der Waals surface area (Å²) in [6.07, 6.45) is 4.74. The third-order valence-corrected chi connectivity index (χ3v) is 5.18. The Hall–Kier alpha value is -0.450. The van der Waals surface area contributed by atoms with Gasteiger partial charge in [0.25, 0.3) is 0 Å². The Balaban J connectivity index is 2.13. The van der Waals surface area contributed by atoms with E-state index >= 15 is 0 Å². The molecule has 1 unspecified atom stereocenters. The van der Waals surface area contributed by atoms with Crippen LogP contribution in [0.15, 0.2) is 22.7 Å². The van der Waals surface area contributed by atoms with Crippen molar-refractivity contribution in [1.29, 1.82) is 0 Å². The molecule has 4 heteroatoms. The molecule has 1 aromatic rings. The van der Waals surface area contributed by atoms with Crippen LogP contribution in [0, 0.1) is 11.7 Å². The summed E-state index contributed by atoms with van der Waals surface area (Å²) in [6, 6.07) is 5.00. The van der Waals surface area contributed by atoms with Crippen molar-refractivity contribution in [2.45, 2.75) is 57.6 Å². The minimum Gasteiger partial charge on any atom is -0.374 e. The minimum absolute atomic E-state index is 0.166. The van der Waals surface area contributed by atoms with Crippen LogP contribution in [-0.2, 0) is 11.2 Å². The Morgan fingerprint density at radius 3 is 2.67 bits per heavy atom. The highest BCUT2D eigenvalue weighted by atomic mass is 79.9. The van der Waals surface area contributed by atoms with Gasteiger partial charge in [-0.1, -0.05) is 28.9 Å². The van der Waals surface area contributed by atoms with Gasteiger partial charge in [0.15, 0.2) is 0 Å². The summed E-state index contributed by atoms with van der Waals surface area (Å²) in [5.74, 6) is 0.533. The SMILES string of the molecule is CCOC1(C(N)Cc2ccc(Br)cc2F)CCC(C)CC1. The lowest BCUT2D eigenvalue weighted by atomic mass is 9.74. The molecular weight excluding hydrogens is 333 g/mol. The molecule has 0 spiro atoms. The van der Waals surface area contributed by atoms with Crippen molar-refractivity contribution in [3.63, 3.8) is 0 Å². The van der Waals surface area contributed by atoms with Crippen LogP contribution in [-0.4, -0.2) is 18.2 Å². The monoisotopic (exact) mass is 357 g/mol. The molecule has 21 heavy (non-hydrogen) atoms. The molecule has 1 aliphatic rings. The van der Waals surface area contributed by atoms with Crippen LogP contribution < -0.4 is 5.73 Å². The lowest BCUT2D eigenvalue weighted by molar-refractivity contribution is -0.0884. The summed E-state index contributed by atoms with van der Waals surface area (Å²) in [7, 11) is 0. The molecule has 0 radical (unpaired) electrons. The maximum atomic E-state index is 14.0. The van der Waals surface area contributed by atoms with Gasteiger partial charge in [-0.25, -0.2) is 4.39 Å². The fraction of sp³-hybridized carbons (Fsp3) is 0.647. The van der Waals surface area contributed by atoms with Crippen LogP contribution in [0.1, 0.15) is 45.1 Å². The predicted molar refractivity (Wildman–Crippen MR) is 87.8 cm³/mol. The van der Waals surface area contributed by atoms with E-state index < -0.39 is 0 Å². The number of ether oxygens (including phenoxy) is 1.